The van der Waals surface area contributed by atoms with E-state index in [9.17, 15) is 22.0 Å². The minimum atomic E-state index is -3.85. The first-order valence-electron chi connectivity index (χ1n) is 12.3. The summed E-state index contributed by atoms with van der Waals surface area (Å²) in [5.74, 6) is -4.27. The molecule has 3 aromatic rings. The fraction of sp³-hybridized carbons (Fsp3) is 0.333. The van der Waals surface area contributed by atoms with Crippen LogP contribution in [0.1, 0.15) is 62.5 Å². The second-order valence-electron chi connectivity index (χ2n) is 9.45. The molecule has 0 aliphatic heterocycles. The van der Waals surface area contributed by atoms with Crippen LogP contribution in [0.3, 0.4) is 0 Å². The summed E-state index contributed by atoms with van der Waals surface area (Å²) in [6.07, 6.45) is 5.45. The van der Waals surface area contributed by atoms with Crippen molar-refractivity contribution in [3.8, 4) is 16.9 Å². The zero-order chi connectivity index (χ0) is 25.7. The summed E-state index contributed by atoms with van der Waals surface area (Å²) in [5, 5.41) is 0. The molecule has 0 heterocycles. The smallest absolute Gasteiger partial charge is 0.419 e. The topological polar surface area (TPSA) is 9.23 Å². The lowest BCUT2D eigenvalue weighted by molar-refractivity contribution is -0.131. The maximum atomic E-state index is 14.1. The molecule has 3 aromatic carbocycles. The van der Waals surface area contributed by atoms with E-state index in [2.05, 4.69) is 35.9 Å². The highest BCUT2D eigenvalue weighted by Crippen LogP contribution is 2.38. The molecule has 1 aliphatic carbocycles. The van der Waals surface area contributed by atoms with Gasteiger partial charge in [-0.3, -0.25) is 0 Å². The summed E-state index contributed by atoms with van der Waals surface area (Å²) in [6, 6.07) is 16.4. The van der Waals surface area contributed by atoms with E-state index in [1.54, 1.807) is 12.1 Å². The molecule has 0 unspecified atom stereocenters. The molecule has 6 heteroatoms. The molecule has 0 amide bonds. The van der Waals surface area contributed by atoms with Crippen LogP contribution < -0.4 is 4.74 Å². The Morgan fingerprint density at radius 2 is 1.39 bits per heavy atom. The number of halogens is 5. The van der Waals surface area contributed by atoms with Gasteiger partial charge in [0.15, 0.2) is 17.5 Å². The van der Waals surface area contributed by atoms with Crippen molar-refractivity contribution in [3.63, 3.8) is 0 Å². The Hall–Kier alpha value is -3.15. The minimum absolute atomic E-state index is 0.373. The van der Waals surface area contributed by atoms with E-state index in [1.807, 2.05) is 12.1 Å². The van der Waals surface area contributed by atoms with Crippen LogP contribution in [0, 0.1) is 23.4 Å². The number of rotatable bonds is 8. The van der Waals surface area contributed by atoms with Gasteiger partial charge in [-0.2, -0.15) is 8.78 Å². The van der Waals surface area contributed by atoms with E-state index in [-0.39, 0.29) is 0 Å². The lowest BCUT2D eigenvalue weighted by Gasteiger charge is -2.28. The first-order valence-corrected chi connectivity index (χ1v) is 12.3. The van der Waals surface area contributed by atoms with Crippen molar-refractivity contribution in [3.05, 3.63) is 95.3 Å². The van der Waals surface area contributed by atoms with Crippen LogP contribution >= 0.6 is 0 Å². The van der Waals surface area contributed by atoms with Crippen LogP contribution in [0.2, 0.25) is 0 Å². The molecule has 190 valence electrons. The minimum Gasteiger partial charge on any atom is -0.429 e. The fourth-order valence-corrected chi connectivity index (χ4v) is 4.90. The molecular weight excluding hydrogens is 471 g/mol. The Labute approximate surface area is 208 Å². The number of benzene rings is 3. The molecule has 1 nitrogen and oxygen atoms in total. The molecule has 0 spiro atoms. The predicted molar refractivity (Wildman–Crippen MR) is 132 cm³/mol. The van der Waals surface area contributed by atoms with Crippen molar-refractivity contribution in [1.29, 1.82) is 0 Å². The molecule has 0 radical (unpaired) electrons. The van der Waals surface area contributed by atoms with Gasteiger partial charge in [0.05, 0.1) is 0 Å². The van der Waals surface area contributed by atoms with Crippen molar-refractivity contribution < 1.29 is 26.7 Å². The number of hydrogen-bond donors (Lipinski definition) is 0. The van der Waals surface area contributed by atoms with E-state index < -0.39 is 29.3 Å². The highest BCUT2D eigenvalue weighted by molar-refractivity contribution is 5.66. The van der Waals surface area contributed by atoms with E-state index >= 15 is 0 Å². The van der Waals surface area contributed by atoms with Gasteiger partial charge >= 0.3 is 6.11 Å². The van der Waals surface area contributed by atoms with E-state index in [4.69, 9.17) is 0 Å². The van der Waals surface area contributed by atoms with E-state index in [0.29, 0.717) is 29.7 Å². The molecule has 36 heavy (non-hydrogen) atoms. The predicted octanol–water partition coefficient (Wildman–Crippen LogP) is 9.53. The van der Waals surface area contributed by atoms with Crippen molar-refractivity contribution in [2.45, 2.75) is 57.5 Å². The van der Waals surface area contributed by atoms with Gasteiger partial charge in [0.1, 0.15) is 5.75 Å². The number of alkyl halides is 2. The summed E-state index contributed by atoms with van der Waals surface area (Å²) >= 11 is 0. The summed E-state index contributed by atoms with van der Waals surface area (Å²) < 4.78 is 72.0. The Morgan fingerprint density at radius 3 is 1.94 bits per heavy atom. The average Bonchev–Trinajstić information content (AvgIpc) is 2.87. The highest BCUT2D eigenvalue weighted by Gasteiger charge is 2.29. The van der Waals surface area contributed by atoms with Gasteiger partial charge in [0, 0.05) is 18.2 Å². The van der Waals surface area contributed by atoms with Gasteiger partial charge in [-0.05, 0) is 65.8 Å². The van der Waals surface area contributed by atoms with Crippen molar-refractivity contribution in [1.82, 2.24) is 0 Å². The van der Waals surface area contributed by atoms with Crippen molar-refractivity contribution in [2.75, 3.05) is 0 Å². The number of hydrogen-bond acceptors (Lipinski definition) is 1. The normalized spacial score (nSPS) is 18.5. The zero-order valence-electron chi connectivity index (χ0n) is 20.1. The molecule has 0 saturated heterocycles. The van der Waals surface area contributed by atoms with Gasteiger partial charge in [-0.1, -0.05) is 68.3 Å². The third-order valence-corrected chi connectivity index (χ3v) is 6.85. The Balaban J connectivity index is 1.37. The van der Waals surface area contributed by atoms with Gasteiger partial charge in [-0.15, -0.1) is 0 Å². The molecule has 0 atom stereocenters. The summed E-state index contributed by atoms with van der Waals surface area (Å²) in [5.41, 5.74) is 3.88. The van der Waals surface area contributed by atoms with E-state index in [1.165, 1.54) is 44.1 Å². The molecule has 1 fully saturated rings. The Kier molecular flexibility index (Phi) is 8.12. The first-order chi connectivity index (χ1) is 17.2. The average molecular weight is 501 g/mol. The maximum Gasteiger partial charge on any atom is 0.419 e. The van der Waals surface area contributed by atoms with Crippen LogP contribution in [-0.4, -0.2) is 6.11 Å². The lowest BCUT2D eigenvalue weighted by atomic mass is 9.77. The summed E-state index contributed by atoms with van der Waals surface area (Å²) in [7, 11) is 0. The molecule has 0 aromatic heterocycles. The van der Waals surface area contributed by atoms with Gasteiger partial charge < -0.3 is 4.74 Å². The molecule has 1 aliphatic rings. The summed E-state index contributed by atoms with van der Waals surface area (Å²) in [6.45, 7) is 2.25. The van der Waals surface area contributed by atoms with Gasteiger partial charge in [0.2, 0.25) is 0 Å². The van der Waals surface area contributed by atoms with Crippen LogP contribution in [0.5, 0.6) is 5.75 Å². The Bertz CT molecular complexity index is 1150. The van der Waals surface area contributed by atoms with Gasteiger partial charge in [-0.25, -0.2) is 13.2 Å². The second-order valence-corrected chi connectivity index (χ2v) is 9.45. The third-order valence-electron chi connectivity index (χ3n) is 6.85. The third kappa shape index (κ3) is 6.54. The maximum absolute atomic E-state index is 14.1. The molecular formula is C30H29F5O. The van der Waals surface area contributed by atoms with Crippen molar-refractivity contribution in [2.24, 2.45) is 5.92 Å². The summed E-state index contributed by atoms with van der Waals surface area (Å²) in [4.78, 5) is 0. The van der Waals surface area contributed by atoms with Crippen LogP contribution in [0.15, 0.2) is 66.7 Å². The first kappa shape index (κ1) is 25.9. The fourth-order valence-electron chi connectivity index (χ4n) is 4.90. The largest absolute Gasteiger partial charge is 0.429 e. The lowest BCUT2D eigenvalue weighted by Crippen LogP contribution is -2.21. The standard InChI is InChI=1S/C30H29F5O/c1-2-3-20-4-8-22(9-5-20)24-12-14-25(15-13-24)23-10-6-21(7-11-23)16-17-30(34,35)36-26-18-27(31)29(33)28(32)19-26/h6-7,10-20,22H,2-5,8-9H2,1H3/b17-16+. The Morgan fingerprint density at radius 1 is 0.833 bits per heavy atom. The molecule has 4 rings (SSSR count). The highest BCUT2D eigenvalue weighted by atomic mass is 19.3. The SMILES string of the molecule is CCCC1CCC(c2ccc(-c3ccc(/C=C/C(F)(F)Oc4cc(F)c(F)c(F)c4)cc3)cc2)CC1. The number of ether oxygens (including phenoxy) is 1. The molecule has 1 saturated carbocycles. The zero-order valence-corrected chi connectivity index (χ0v) is 20.1. The van der Waals surface area contributed by atoms with Crippen molar-refractivity contribution >= 4 is 6.08 Å². The monoisotopic (exact) mass is 500 g/mol. The second kappa shape index (κ2) is 11.3. The van der Waals surface area contributed by atoms with Crippen LogP contribution in [-0.2, 0) is 0 Å². The van der Waals surface area contributed by atoms with Crippen LogP contribution in [0.4, 0.5) is 22.0 Å². The molecule has 0 N–H and O–H groups in total. The van der Waals surface area contributed by atoms with E-state index in [0.717, 1.165) is 23.1 Å². The van der Waals surface area contributed by atoms with Gasteiger partial charge in [0.25, 0.3) is 0 Å². The quantitative estimate of drug-likeness (QED) is 0.221. The molecule has 0 bridgehead atoms. The van der Waals surface area contributed by atoms with Crippen LogP contribution in [0.25, 0.3) is 17.2 Å².